The Balaban J connectivity index is 1.68. The summed E-state index contributed by atoms with van der Waals surface area (Å²) in [5.74, 6) is 0.166. The number of rotatable bonds is 4. The third-order valence-corrected chi connectivity index (χ3v) is 3.91. The van der Waals surface area contributed by atoms with E-state index in [1.807, 2.05) is 30.3 Å². The molecule has 0 unspecified atom stereocenters. The van der Waals surface area contributed by atoms with Gasteiger partial charge in [0.25, 0.3) is 5.56 Å². The van der Waals surface area contributed by atoms with Crippen LogP contribution in [0.15, 0.2) is 65.6 Å². The molecule has 8 nitrogen and oxygen atoms in total. The minimum absolute atomic E-state index is 0.138. The second-order valence-electron chi connectivity index (χ2n) is 5.93. The molecule has 134 valence electrons. The Morgan fingerprint density at radius 1 is 1.04 bits per heavy atom. The fourth-order valence-corrected chi connectivity index (χ4v) is 2.71. The van der Waals surface area contributed by atoms with Gasteiger partial charge in [0.15, 0.2) is 5.65 Å². The normalized spacial score (nSPS) is 10.7. The van der Waals surface area contributed by atoms with Crippen molar-refractivity contribution in [3.63, 3.8) is 0 Å². The molecule has 27 heavy (non-hydrogen) atoms. The highest BCUT2D eigenvalue weighted by atomic mass is 16.1. The fourth-order valence-electron chi connectivity index (χ4n) is 2.71. The molecule has 0 atom stereocenters. The molecule has 0 aliphatic carbocycles. The van der Waals surface area contributed by atoms with E-state index in [9.17, 15) is 9.59 Å². The van der Waals surface area contributed by atoms with Gasteiger partial charge in [-0.25, -0.2) is 4.68 Å². The van der Waals surface area contributed by atoms with E-state index in [0.29, 0.717) is 22.7 Å². The quantitative estimate of drug-likeness (QED) is 0.519. The fraction of sp³-hybridized carbons (Fsp3) is 0.0526. The van der Waals surface area contributed by atoms with Gasteiger partial charge >= 0.3 is 0 Å². The first kappa shape index (κ1) is 16.5. The van der Waals surface area contributed by atoms with Crippen LogP contribution in [0.2, 0.25) is 0 Å². The molecule has 2 heterocycles. The van der Waals surface area contributed by atoms with Crippen molar-refractivity contribution in [3.8, 4) is 5.69 Å². The Labute approximate surface area is 153 Å². The molecule has 8 heteroatoms. The highest BCUT2D eigenvalue weighted by Crippen LogP contribution is 2.18. The summed E-state index contributed by atoms with van der Waals surface area (Å²) >= 11 is 0. The number of benzene rings is 2. The van der Waals surface area contributed by atoms with Crippen molar-refractivity contribution in [2.75, 3.05) is 10.6 Å². The number of fused-ring (bicyclic) bond motifs is 1. The number of H-pyrrole nitrogens is 1. The summed E-state index contributed by atoms with van der Waals surface area (Å²) < 4.78 is 1.62. The number of aromatic nitrogens is 4. The zero-order valence-corrected chi connectivity index (χ0v) is 14.4. The lowest BCUT2D eigenvalue weighted by atomic mass is 10.3. The molecule has 2 aromatic heterocycles. The molecule has 3 N–H and O–H groups in total. The predicted octanol–water partition coefficient (Wildman–Crippen LogP) is 2.81. The van der Waals surface area contributed by atoms with Crippen LogP contribution >= 0.6 is 0 Å². The maximum atomic E-state index is 12.4. The summed E-state index contributed by atoms with van der Waals surface area (Å²) in [6.07, 6.45) is 1.50. The van der Waals surface area contributed by atoms with Gasteiger partial charge in [0.1, 0.15) is 5.39 Å². The maximum Gasteiger partial charge on any atom is 0.263 e. The van der Waals surface area contributed by atoms with Crippen molar-refractivity contribution in [1.29, 1.82) is 0 Å². The molecule has 0 saturated heterocycles. The molecule has 1 amide bonds. The van der Waals surface area contributed by atoms with E-state index in [0.717, 1.165) is 11.4 Å². The SMILES string of the molecule is CC(=O)Nc1ccc(Nc2nc3c(cnn3-c3ccccc3)c(=O)[nH]2)cc1. The Morgan fingerprint density at radius 3 is 2.44 bits per heavy atom. The van der Waals surface area contributed by atoms with Crippen LogP contribution in [0, 0.1) is 0 Å². The van der Waals surface area contributed by atoms with Crippen LogP contribution in [-0.2, 0) is 4.79 Å². The van der Waals surface area contributed by atoms with Crippen LogP contribution in [0.1, 0.15) is 6.92 Å². The highest BCUT2D eigenvalue weighted by Gasteiger charge is 2.11. The third kappa shape index (κ3) is 3.40. The Morgan fingerprint density at radius 2 is 1.74 bits per heavy atom. The third-order valence-electron chi connectivity index (χ3n) is 3.91. The van der Waals surface area contributed by atoms with Gasteiger partial charge < -0.3 is 10.6 Å². The Hall–Kier alpha value is -3.94. The van der Waals surface area contributed by atoms with E-state index in [-0.39, 0.29) is 11.5 Å². The van der Waals surface area contributed by atoms with Crippen molar-refractivity contribution >= 4 is 34.3 Å². The molecular weight excluding hydrogens is 344 g/mol. The standard InChI is InChI=1S/C19H16N6O2/c1-12(26)21-13-7-9-14(10-8-13)22-19-23-17-16(18(27)24-19)11-20-25(17)15-5-3-2-4-6-15/h2-11H,1H3,(H,21,26)(H2,22,23,24,27). The predicted molar refractivity (Wildman–Crippen MR) is 104 cm³/mol. The maximum absolute atomic E-state index is 12.4. The van der Waals surface area contributed by atoms with E-state index in [2.05, 4.69) is 25.7 Å². The van der Waals surface area contributed by atoms with Gasteiger partial charge in [-0.2, -0.15) is 10.1 Å². The first-order chi connectivity index (χ1) is 13.1. The Bertz CT molecular complexity index is 1160. The second kappa shape index (κ2) is 6.75. The van der Waals surface area contributed by atoms with Crippen molar-refractivity contribution in [2.24, 2.45) is 0 Å². The van der Waals surface area contributed by atoms with Gasteiger partial charge in [-0.15, -0.1) is 0 Å². The van der Waals surface area contributed by atoms with Crippen molar-refractivity contribution in [2.45, 2.75) is 6.92 Å². The molecular formula is C19H16N6O2. The van der Waals surface area contributed by atoms with Gasteiger partial charge in [-0.05, 0) is 36.4 Å². The summed E-state index contributed by atoms with van der Waals surface area (Å²) in [4.78, 5) is 30.7. The van der Waals surface area contributed by atoms with Crippen molar-refractivity contribution in [3.05, 3.63) is 71.1 Å². The lowest BCUT2D eigenvalue weighted by Gasteiger charge is -2.08. The van der Waals surface area contributed by atoms with Crippen LogP contribution in [0.25, 0.3) is 16.7 Å². The molecule has 0 bridgehead atoms. The number of amides is 1. The van der Waals surface area contributed by atoms with Gasteiger partial charge in [-0.1, -0.05) is 18.2 Å². The number of nitrogens with one attached hydrogen (secondary N) is 3. The summed E-state index contributed by atoms with van der Waals surface area (Å²) in [5.41, 5.74) is 2.41. The van der Waals surface area contributed by atoms with Crippen LogP contribution in [-0.4, -0.2) is 25.7 Å². The number of carbonyl (C=O) groups is 1. The highest BCUT2D eigenvalue weighted by molar-refractivity contribution is 5.88. The average molecular weight is 360 g/mol. The van der Waals surface area contributed by atoms with E-state index in [1.54, 1.807) is 28.9 Å². The molecule has 0 aliphatic rings. The van der Waals surface area contributed by atoms with Crippen LogP contribution in [0.5, 0.6) is 0 Å². The van der Waals surface area contributed by atoms with Gasteiger partial charge in [0.2, 0.25) is 11.9 Å². The molecule has 2 aromatic carbocycles. The average Bonchev–Trinajstić information content (AvgIpc) is 3.08. The lowest BCUT2D eigenvalue weighted by molar-refractivity contribution is -0.114. The molecule has 0 aliphatic heterocycles. The summed E-state index contributed by atoms with van der Waals surface area (Å²) in [7, 11) is 0. The molecule has 0 radical (unpaired) electrons. The minimum atomic E-state index is -0.278. The topological polar surface area (TPSA) is 105 Å². The number of hydrogen-bond donors (Lipinski definition) is 3. The molecule has 4 aromatic rings. The summed E-state index contributed by atoms with van der Waals surface area (Å²) in [6.45, 7) is 1.45. The van der Waals surface area contributed by atoms with E-state index in [4.69, 9.17) is 0 Å². The Kier molecular flexibility index (Phi) is 4.13. The van der Waals surface area contributed by atoms with Crippen LogP contribution in [0.4, 0.5) is 17.3 Å². The van der Waals surface area contributed by atoms with E-state index in [1.165, 1.54) is 13.1 Å². The first-order valence-corrected chi connectivity index (χ1v) is 8.28. The zero-order valence-electron chi connectivity index (χ0n) is 14.4. The number of aromatic amines is 1. The number of carbonyl (C=O) groups excluding carboxylic acids is 1. The largest absolute Gasteiger partial charge is 0.326 e. The number of anilines is 3. The minimum Gasteiger partial charge on any atom is -0.326 e. The number of para-hydroxylation sites is 1. The second-order valence-corrected chi connectivity index (χ2v) is 5.93. The molecule has 4 rings (SSSR count). The van der Waals surface area contributed by atoms with Crippen molar-refractivity contribution < 1.29 is 4.79 Å². The van der Waals surface area contributed by atoms with Gasteiger partial charge in [0, 0.05) is 18.3 Å². The lowest BCUT2D eigenvalue weighted by Crippen LogP contribution is -2.12. The first-order valence-electron chi connectivity index (χ1n) is 8.28. The molecule has 0 fully saturated rings. The summed E-state index contributed by atoms with van der Waals surface area (Å²) in [6, 6.07) is 16.6. The molecule has 0 saturated carbocycles. The van der Waals surface area contributed by atoms with Gasteiger partial charge in [0.05, 0.1) is 11.9 Å². The number of hydrogen-bond acceptors (Lipinski definition) is 5. The zero-order chi connectivity index (χ0) is 18.8. The van der Waals surface area contributed by atoms with E-state index >= 15 is 0 Å². The smallest absolute Gasteiger partial charge is 0.263 e. The monoisotopic (exact) mass is 360 g/mol. The molecule has 0 spiro atoms. The van der Waals surface area contributed by atoms with Crippen LogP contribution in [0.3, 0.4) is 0 Å². The van der Waals surface area contributed by atoms with E-state index < -0.39 is 0 Å². The van der Waals surface area contributed by atoms with Crippen molar-refractivity contribution in [1.82, 2.24) is 19.7 Å². The number of nitrogens with zero attached hydrogens (tertiary/aromatic N) is 3. The van der Waals surface area contributed by atoms with Crippen LogP contribution < -0.4 is 16.2 Å². The van der Waals surface area contributed by atoms with Gasteiger partial charge in [-0.3, -0.25) is 14.6 Å². The summed E-state index contributed by atoms with van der Waals surface area (Å²) in [5, 5.41) is 10.5.